The molecule has 1 aliphatic carbocycles. The Bertz CT molecular complexity index is 522. The minimum Gasteiger partial charge on any atom is -0.389 e. The number of rotatable bonds is 5. The van der Waals surface area contributed by atoms with Gasteiger partial charge in [-0.25, -0.2) is 4.39 Å². The first-order valence-corrected chi connectivity index (χ1v) is 8.05. The van der Waals surface area contributed by atoms with Crippen LogP contribution in [0, 0.1) is 11.7 Å². The van der Waals surface area contributed by atoms with Crippen molar-refractivity contribution in [3.8, 4) is 0 Å². The van der Waals surface area contributed by atoms with Crippen molar-refractivity contribution in [1.82, 2.24) is 9.80 Å². The molecule has 0 spiro atoms. The van der Waals surface area contributed by atoms with Crippen LogP contribution in [0.4, 0.5) is 4.39 Å². The first kappa shape index (κ1) is 14.9. The fourth-order valence-corrected chi connectivity index (χ4v) is 3.01. The fraction of sp³-hybridized carbons (Fsp3) is 0.562. The van der Waals surface area contributed by atoms with E-state index in [2.05, 4.69) is 9.80 Å². The molecule has 3 rings (SSSR count). The van der Waals surface area contributed by atoms with Crippen molar-refractivity contribution < 1.29 is 4.39 Å². The zero-order valence-corrected chi connectivity index (χ0v) is 13.0. The van der Waals surface area contributed by atoms with Crippen LogP contribution in [0.25, 0.3) is 0 Å². The molecule has 2 fully saturated rings. The molecule has 0 atom stereocenters. The second-order valence-corrected chi connectivity index (χ2v) is 6.63. The summed E-state index contributed by atoms with van der Waals surface area (Å²) in [6.45, 7) is 6.08. The van der Waals surface area contributed by atoms with Crippen molar-refractivity contribution in [1.29, 1.82) is 0 Å². The summed E-state index contributed by atoms with van der Waals surface area (Å²) in [7, 11) is 0. The zero-order valence-electron chi connectivity index (χ0n) is 12.2. The molecule has 1 saturated heterocycles. The number of halogens is 1. The highest BCUT2D eigenvalue weighted by Crippen LogP contribution is 2.30. The number of hydrogen-bond acceptors (Lipinski definition) is 3. The van der Waals surface area contributed by atoms with Crippen LogP contribution in [0.2, 0.25) is 0 Å². The number of nitrogens with zero attached hydrogens (tertiary/aromatic N) is 2. The van der Waals surface area contributed by atoms with Crippen molar-refractivity contribution >= 4 is 17.2 Å². The lowest BCUT2D eigenvalue weighted by atomic mass is 10.1. The molecule has 0 aromatic heterocycles. The standard InChI is InChI=1S/C16H22FN3S/c17-15-4-3-13(16(18)21)9-14(15)11-20-7-5-19(6-8-20)10-12-1-2-12/h3-4,9,12H,1-2,5-8,10-11H2,(H2,18,21). The van der Waals surface area contributed by atoms with Crippen molar-refractivity contribution in [3.63, 3.8) is 0 Å². The summed E-state index contributed by atoms with van der Waals surface area (Å²) >= 11 is 4.97. The van der Waals surface area contributed by atoms with E-state index >= 15 is 0 Å². The van der Waals surface area contributed by atoms with E-state index in [1.54, 1.807) is 12.1 Å². The topological polar surface area (TPSA) is 32.5 Å². The van der Waals surface area contributed by atoms with Crippen LogP contribution in [-0.4, -0.2) is 47.5 Å². The third-order valence-corrected chi connectivity index (χ3v) is 4.64. The Labute approximate surface area is 130 Å². The van der Waals surface area contributed by atoms with E-state index in [0.29, 0.717) is 17.1 Å². The highest BCUT2D eigenvalue weighted by atomic mass is 32.1. The van der Waals surface area contributed by atoms with E-state index in [1.165, 1.54) is 25.5 Å². The summed E-state index contributed by atoms with van der Waals surface area (Å²) in [5, 5.41) is 0. The Kier molecular flexibility index (Phi) is 4.52. The van der Waals surface area contributed by atoms with Gasteiger partial charge in [0.2, 0.25) is 0 Å². The molecular formula is C16H22FN3S. The van der Waals surface area contributed by atoms with Crippen molar-refractivity contribution in [2.45, 2.75) is 19.4 Å². The summed E-state index contributed by atoms with van der Waals surface area (Å²) < 4.78 is 13.9. The largest absolute Gasteiger partial charge is 0.389 e. The SMILES string of the molecule is NC(=S)c1ccc(F)c(CN2CCN(CC3CC3)CC2)c1. The zero-order chi connectivity index (χ0) is 14.8. The number of hydrogen-bond donors (Lipinski definition) is 1. The van der Waals surface area contributed by atoms with Crippen LogP contribution in [0.3, 0.4) is 0 Å². The molecule has 0 bridgehead atoms. The minimum atomic E-state index is -0.171. The Morgan fingerprint density at radius 1 is 1.19 bits per heavy atom. The normalized spacial score (nSPS) is 20.6. The lowest BCUT2D eigenvalue weighted by molar-refractivity contribution is 0.122. The Morgan fingerprint density at radius 2 is 1.86 bits per heavy atom. The Morgan fingerprint density at radius 3 is 2.48 bits per heavy atom. The van der Waals surface area contributed by atoms with E-state index in [0.717, 1.165) is 37.7 Å². The predicted molar refractivity (Wildman–Crippen MR) is 86.7 cm³/mol. The molecule has 1 aromatic carbocycles. The van der Waals surface area contributed by atoms with Gasteiger partial charge < -0.3 is 10.6 Å². The molecule has 1 aromatic rings. The van der Waals surface area contributed by atoms with Crippen LogP contribution in [0.5, 0.6) is 0 Å². The van der Waals surface area contributed by atoms with Crippen LogP contribution in [0.15, 0.2) is 18.2 Å². The average Bonchev–Trinajstić information content (AvgIpc) is 3.27. The van der Waals surface area contributed by atoms with Gasteiger partial charge in [0.1, 0.15) is 10.8 Å². The molecule has 1 aliphatic heterocycles. The number of thiocarbonyl (C=S) groups is 1. The summed E-state index contributed by atoms with van der Waals surface area (Å²) in [6, 6.07) is 4.90. The van der Waals surface area contributed by atoms with E-state index in [4.69, 9.17) is 18.0 Å². The number of benzene rings is 1. The molecular weight excluding hydrogens is 285 g/mol. The highest BCUT2D eigenvalue weighted by molar-refractivity contribution is 7.80. The molecule has 1 heterocycles. The number of nitrogens with two attached hydrogens (primary N) is 1. The third kappa shape index (κ3) is 3.99. The van der Waals surface area contributed by atoms with Crippen LogP contribution < -0.4 is 5.73 Å². The van der Waals surface area contributed by atoms with Crippen molar-refractivity contribution in [2.75, 3.05) is 32.7 Å². The highest BCUT2D eigenvalue weighted by Gasteiger charge is 2.26. The molecule has 21 heavy (non-hydrogen) atoms. The van der Waals surface area contributed by atoms with Crippen molar-refractivity contribution in [2.24, 2.45) is 11.7 Å². The fourth-order valence-electron chi connectivity index (χ4n) is 2.89. The second kappa shape index (κ2) is 6.38. The Hall–Kier alpha value is -1.04. The van der Waals surface area contributed by atoms with Gasteiger partial charge >= 0.3 is 0 Å². The molecule has 114 valence electrons. The van der Waals surface area contributed by atoms with Gasteiger partial charge in [0, 0.05) is 50.4 Å². The van der Waals surface area contributed by atoms with Gasteiger partial charge in [-0.05, 0) is 37.0 Å². The van der Waals surface area contributed by atoms with Gasteiger partial charge in [-0.1, -0.05) is 12.2 Å². The Balaban J connectivity index is 1.56. The maximum absolute atomic E-state index is 13.9. The third-order valence-electron chi connectivity index (χ3n) is 4.40. The van der Waals surface area contributed by atoms with Gasteiger partial charge in [-0.15, -0.1) is 0 Å². The van der Waals surface area contributed by atoms with E-state index in [1.807, 2.05) is 0 Å². The minimum absolute atomic E-state index is 0.171. The van der Waals surface area contributed by atoms with Crippen LogP contribution >= 0.6 is 12.2 Å². The molecule has 2 N–H and O–H groups in total. The van der Waals surface area contributed by atoms with Crippen molar-refractivity contribution in [3.05, 3.63) is 35.1 Å². The van der Waals surface area contributed by atoms with Gasteiger partial charge in [0.15, 0.2) is 0 Å². The van der Waals surface area contributed by atoms with E-state index in [-0.39, 0.29) is 5.82 Å². The lowest BCUT2D eigenvalue weighted by Crippen LogP contribution is -2.46. The summed E-state index contributed by atoms with van der Waals surface area (Å²) in [5.74, 6) is 0.770. The monoisotopic (exact) mass is 307 g/mol. The molecule has 5 heteroatoms. The molecule has 3 nitrogen and oxygen atoms in total. The molecule has 0 unspecified atom stereocenters. The number of piperazine rings is 1. The average molecular weight is 307 g/mol. The quantitative estimate of drug-likeness (QED) is 0.843. The van der Waals surface area contributed by atoms with E-state index in [9.17, 15) is 4.39 Å². The van der Waals surface area contributed by atoms with Gasteiger partial charge in [-0.2, -0.15) is 0 Å². The second-order valence-electron chi connectivity index (χ2n) is 6.19. The predicted octanol–water partition coefficient (Wildman–Crippen LogP) is 1.99. The maximum Gasteiger partial charge on any atom is 0.127 e. The van der Waals surface area contributed by atoms with Crippen LogP contribution in [0.1, 0.15) is 24.0 Å². The van der Waals surface area contributed by atoms with Gasteiger partial charge in [0.25, 0.3) is 0 Å². The van der Waals surface area contributed by atoms with E-state index < -0.39 is 0 Å². The first-order chi connectivity index (χ1) is 10.1. The maximum atomic E-state index is 13.9. The van der Waals surface area contributed by atoms with Gasteiger partial charge in [0.05, 0.1) is 0 Å². The van der Waals surface area contributed by atoms with Gasteiger partial charge in [-0.3, -0.25) is 4.90 Å². The van der Waals surface area contributed by atoms with Crippen LogP contribution in [-0.2, 0) is 6.54 Å². The first-order valence-electron chi connectivity index (χ1n) is 7.65. The molecule has 2 aliphatic rings. The molecule has 0 amide bonds. The summed E-state index contributed by atoms with van der Waals surface area (Å²) in [4.78, 5) is 5.17. The lowest BCUT2D eigenvalue weighted by Gasteiger charge is -2.34. The molecule has 1 saturated carbocycles. The molecule has 0 radical (unpaired) electrons. The summed E-state index contributed by atoms with van der Waals surface area (Å²) in [6.07, 6.45) is 2.80. The summed E-state index contributed by atoms with van der Waals surface area (Å²) in [5.41, 5.74) is 7.06. The smallest absolute Gasteiger partial charge is 0.127 e.